The third kappa shape index (κ3) is 4.04. The topological polar surface area (TPSA) is 53.5 Å². The maximum atomic E-state index is 5.39. The normalized spacial score (nSPS) is 20.0. The number of nitrogens with one attached hydrogen (secondary N) is 1. The molecular weight excluding hydrogens is 266 g/mol. The molecule has 0 aromatic carbocycles. The van der Waals surface area contributed by atoms with Crippen LogP contribution in [0.5, 0.6) is 0 Å². The van der Waals surface area contributed by atoms with E-state index in [0.29, 0.717) is 0 Å². The molecule has 2 aliphatic heterocycles. The van der Waals surface area contributed by atoms with E-state index in [1.807, 2.05) is 13.0 Å². The van der Waals surface area contributed by atoms with Gasteiger partial charge in [-0.15, -0.1) is 0 Å². The number of nitrogens with zero attached hydrogens (tertiary/aromatic N) is 4. The first-order chi connectivity index (χ1) is 10.3. The van der Waals surface area contributed by atoms with Gasteiger partial charge in [-0.3, -0.25) is 0 Å². The first kappa shape index (κ1) is 14.5. The van der Waals surface area contributed by atoms with E-state index in [1.165, 1.54) is 25.9 Å². The van der Waals surface area contributed by atoms with Gasteiger partial charge in [0.05, 0.1) is 13.2 Å². The number of aromatic nitrogens is 2. The number of hydrogen-bond acceptors (Lipinski definition) is 6. The molecule has 1 N–H and O–H groups in total. The van der Waals surface area contributed by atoms with Gasteiger partial charge in [-0.25, -0.2) is 4.98 Å². The Balaban J connectivity index is 1.57. The summed E-state index contributed by atoms with van der Waals surface area (Å²) < 4.78 is 5.39. The van der Waals surface area contributed by atoms with E-state index < -0.39 is 0 Å². The maximum Gasteiger partial charge on any atom is 0.227 e. The predicted octanol–water partition coefficient (Wildman–Crippen LogP) is 1.13. The zero-order valence-corrected chi connectivity index (χ0v) is 12.8. The van der Waals surface area contributed by atoms with Gasteiger partial charge in [0.15, 0.2) is 0 Å². The molecule has 3 rings (SSSR count). The first-order valence-electron chi connectivity index (χ1n) is 7.96. The average Bonchev–Trinajstić information content (AvgIpc) is 3.01. The van der Waals surface area contributed by atoms with Crippen LogP contribution >= 0.6 is 0 Å². The van der Waals surface area contributed by atoms with Crippen molar-refractivity contribution < 1.29 is 4.74 Å². The highest BCUT2D eigenvalue weighted by Gasteiger charge is 2.15. The van der Waals surface area contributed by atoms with Crippen LogP contribution in [0.2, 0.25) is 0 Å². The molecule has 1 aromatic rings. The SMILES string of the molecule is Cc1cc(NCCN2CCCC2)nc(N2CCOCC2)n1. The number of rotatable bonds is 5. The van der Waals surface area contributed by atoms with Crippen LogP contribution in [0.1, 0.15) is 18.5 Å². The van der Waals surface area contributed by atoms with E-state index >= 15 is 0 Å². The van der Waals surface area contributed by atoms with Crippen LogP contribution in [-0.4, -0.2) is 67.4 Å². The molecule has 3 heterocycles. The summed E-state index contributed by atoms with van der Waals surface area (Å²) in [7, 11) is 0. The van der Waals surface area contributed by atoms with Crippen LogP contribution < -0.4 is 10.2 Å². The van der Waals surface area contributed by atoms with Crippen molar-refractivity contribution in [3.05, 3.63) is 11.8 Å². The highest BCUT2D eigenvalue weighted by Crippen LogP contribution is 2.15. The smallest absolute Gasteiger partial charge is 0.227 e. The maximum absolute atomic E-state index is 5.39. The van der Waals surface area contributed by atoms with Crippen molar-refractivity contribution in [2.45, 2.75) is 19.8 Å². The summed E-state index contributed by atoms with van der Waals surface area (Å²) in [4.78, 5) is 13.9. The van der Waals surface area contributed by atoms with Gasteiger partial charge in [-0.2, -0.15) is 4.98 Å². The molecule has 0 atom stereocenters. The molecule has 2 fully saturated rings. The first-order valence-corrected chi connectivity index (χ1v) is 7.96. The van der Waals surface area contributed by atoms with Crippen LogP contribution in [0.3, 0.4) is 0 Å². The molecule has 0 unspecified atom stereocenters. The zero-order chi connectivity index (χ0) is 14.5. The summed E-state index contributed by atoms with van der Waals surface area (Å²) in [5.74, 6) is 1.75. The van der Waals surface area contributed by atoms with Gasteiger partial charge in [0.1, 0.15) is 5.82 Å². The van der Waals surface area contributed by atoms with E-state index in [9.17, 15) is 0 Å². The highest BCUT2D eigenvalue weighted by atomic mass is 16.5. The van der Waals surface area contributed by atoms with Gasteiger partial charge in [0.25, 0.3) is 0 Å². The fourth-order valence-corrected chi connectivity index (χ4v) is 2.90. The minimum atomic E-state index is 0.759. The molecule has 0 radical (unpaired) electrons. The quantitative estimate of drug-likeness (QED) is 0.878. The van der Waals surface area contributed by atoms with Crippen molar-refractivity contribution in [3.63, 3.8) is 0 Å². The summed E-state index contributed by atoms with van der Waals surface area (Å²) in [5.41, 5.74) is 1.01. The van der Waals surface area contributed by atoms with Crippen molar-refractivity contribution in [2.24, 2.45) is 0 Å². The summed E-state index contributed by atoms with van der Waals surface area (Å²) >= 11 is 0. The van der Waals surface area contributed by atoms with Crippen LogP contribution in [0.15, 0.2) is 6.07 Å². The molecule has 0 aliphatic carbocycles. The van der Waals surface area contributed by atoms with Gasteiger partial charge in [-0.05, 0) is 32.9 Å². The number of hydrogen-bond donors (Lipinski definition) is 1. The van der Waals surface area contributed by atoms with E-state index in [1.54, 1.807) is 0 Å². The second-order valence-electron chi connectivity index (χ2n) is 5.77. The molecule has 0 bridgehead atoms. The number of anilines is 2. The number of likely N-dealkylation sites (tertiary alicyclic amines) is 1. The van der Waals surface area contributed by atoms with E-state index in [0.717, 1.165) is 56.9 Å². The fourth-order valence-electron chi connectivity index (χ4n) is 2.90. The molecule has 0 spiro atoms. The third-order valence-corrected chi connectivity index (χ3v) is 4.07. The second kappa shape index (κ2) is 7.04. The molecule has 21 heavy (non-hydrogen) atoms. The Bertz CT molecular complexity index is 455. The van der Waals surface area contributed by atoms with Gasteiger partial charge < -0.3 is 19.9 Å². The molecule has 6 nitrogen and oxygen atoms in total. The second-order valence-corrected chi connectivity index (χ2v) is 5.77. The Hall–Kier alpha value is -1.40. The summed E-state index contributed by atoms with van der Waals surface area (Å²) in [6, 6.07) is 2.02. The van der Waals surface area contributed by atoms with Crippen LogP contribution in [0.25, 0.3) is 0 Å². The van der Waals surface area contributed by atoms with Crippen LogP contribution in [0, 0.1) is 6.92 Å². The molecule has 0 saturated carbocycles. The van der Waals surface area contributed by atoms with Crippen molar-refractivity contribution in [1.82, 2.24) is 14.9 Å². The standard InChI is InChI=1S/C15H25N5O/c1-13-12-14(16-4-7-19-5-2-3-6-19)18-15(17-13)20-8-10-21-11-9-20/h12H,2-11H2,1H3,(H,16,17,18). The monoisotopic (exact) mass is 291 g/mol. The lowest BCUT2D eigenvalue weighted by atomic mass is 10.4. The Labute approximate surface area is 126 Å². The number of ether oxygens (including phenoxy) is 1. The fraction of sp³-hybridized carbons (Fsp3) is 0.733. The van der Waals surface area contributed by atoms with Gasteiger partial charge in [0, 0.05) is 37.9 Å². The minimum Gasteiger partial charge on any atom is -0.378 e. The van der Waals surface area contributed by atoms with Gasteiger partial charge in [-0.1, -0.05) is 0 Å². The summed E-state index contributed by atoms with van der Waals surface area (Å²) in [5, 5.41) is 3.44. The minimum absolute atomic E-state index is 0.759. The van der Waals surface area contributed by atoms with Gasteiger partial charge >= 0.3 is 0 Å². The lowest BCUT2D eigenvalue weighted by molar-refractivity contribution is 0.122. The molecule has 2 aliphatic rings. The van der Waals surface area contributed by atoms with Crippen LogP contribution in [0.4, 0.5) is 11.8 Å². The Morgan fingerprint density at radius 3 is 2.67 bits per heavy atom. The lowest BCUT2D eigenvalue weighted by Gasteiger charge is -2.27. The van der Waals surface area contributed by atoms with Gasteiger partial charge in [0.2, 0.25) is 5.95 Å². The van der Waals surface area contributed by atoms with Crippen molar-refractivity contribution >= 4 is 11.8 Å². The third-order valence-electron chi connectivity index (χ3n) is 4.07. The van der Waals surface area contributed by atoms with Crippen LogP contribution in [-0.2, 0) is 4.74 Å². The van der Waals surface area contributed by atoms with E-state index in [2.05, 4.69) is 25.1 Å². The largest absolute Gasteiger partial charge is 0.378 e. The molecule has 2 saturated heterocycles. The zero-order valence-electron chi connectivity index (χ0n) is 12.8. The predicted molar refractivity (Wildman–Crippen MR) is 84.0 cm³/mol. The summed E-state index contributed by atoms with van der Waals surface area (Å²) in [6.45, 7) is 9.80. The highest BCUT2D eigenvalue weighted by molar-refractivity contribution is 5.43. The molecular formula is C15H25N5O. The molecule has 6 heteroatoms. The lowest BCUT2D eigenvalue weighted by Crippen LogP contribution is -2.37. The van der Waals surface area contributed by atoms with E-state index in [-0.39, 0.29) is 0 Å². The Kier molecular flexibility index (Phi) is 4.87. The number of aryl methyl sites for hydroxylation is 1. The average molecular weight is 291 g/mol. The van der Waals surface area contributed by atoms with E-state index in [4.69, 9.17) is 4.74 Å². The number of morpholine rings is 1. The van der Waals surface area contributed by atoms with Crippen molar-refractivity contribution in [2.75, 3.05) is 62.7 Å². The summed E-state index contributed by atoms with van der Waals surface area (Å²) in [6.07, 6.45) is 2.68. The molecule has 0 amide bonds. The Morgan fingerprint density at radius 2 is 1.90 bits per heavy atom. The van der Waals surface area contributed by atoms with Crippen molar-refractivity contribution in [1.29, 1.82) is 0 Å². The molecule has 116 valence electrons. The van der Waals surface area contributed by atoms with Crippen molar-refractivity contribution in [3.8, 4) is 0 Å². The molecule has 1 aromatic heterocycles. The Morgan fingerprint density at radius 1 is 1.14 bits per heavy atom.